The van der Waals surface area contributed by atoms with Gasteiger partial charge in [-0.1, -0.05) is 19.3 Å². The lowest BCUT2D eigenvalue weighted by Crippen LogP contribution is -2.46. The average Bonchev–Trinajstić information content (AvgIpc) is 2.75. The van der Waals surface area contributed by atoms with Crippen LogP contribution < -0.4 is 15.1 Å². The van der Waals surface area contributed by atoms with E-state index in [-0.39, 0.29) is 11.7 Å². The molecule has 0 unspecified atom stereocenters. The number of nitrogens with one attached hydrogen (secondary N) is 1. The lowest BCUT2D eigenvalue weighted by molar-refractivity contribution is 0.0927. The maximum atomic E-state index is 13.1. The molecule has 2 aromatic rings. The Kier molecular flexibility index (Phi) is 5.74. The summed E-state index contributed by atoms with van der Waals surface area (Å²) in [6.45, 7) is 3.38. The van der Waals surface area contributed by atoms with Crippen LogP contribution >= 0.6 is 0 Å². The Balaban J connectivity index is 1.36. The van der Waals surface area contributed by atoms with E-state index >= 15 is 0 Å². The summed E-state index contributed by atoms with van der Waals surface area (Å²) in [5.74, 6) is -0.233. The van der Waals surface area contributed by atoms with Gasteiger partial charge in [-0.05, 0) is 43.2 Å². The third kappa shape index (κ3) is 4.43. The quantitative estimate of drug-likeness (QED) is 0.878. The van der Waals surface area contributed by atoms with E-state index < -0.39 is 0 Å². The van der Waals surface area contributed by atoms with Crippen molar-refractivity contribution in [3.05, 3.63) is 54.1 Å². The number of carbonyl (C=O) groups excluding carboxylic acids is 1. The van der Waals surface area contributed by atoms with Gasteiger partial charge >= 0.3 is 0 Å². The highest BCUT2D eigenvalue weighted by Gasteiger charge is 2.20. The Morgan fingerprint density at radius 2 is 1.57 bits per heavy atom. The van der Waals surface area contributed by atoms with Crippen molar-refractivity contribution in [1.82, 2.24) is 10.3 Å². The first kappa shape index (κ1) is 18.7. The first-order valence-electron chi connectivity index (χ1n) is 10.2. The summed E-state index contributed by atoms with van der Waals surface area (Å²) in [4.78, 5) is 21.4. The molecule has 2 aliphatic rings. The standard InChI is InChI=1S/C22H27FN4O/c23-18-6-8-20(9-7-18)26-10-12-27(13-11-26)21-14-17(15-24-16-21)22(28)25-19-4-2-1-3-5-19/h6-9,14-16,19H,1-5,10-13H2,(H,25,28). The van der Waals surface area contributed by atoms with Crippen molar-refractivity contribution >= 4 is 17.3 Å². The molecule has 1 amide bonds. The molecule has 2 fully saturated rings. The van der Waals surface area contributed by atoms with Crippen LogP contribution in [-0.2, 0) is 0 Å². The second-order valence-corrected chi connectivity index (χ2v) is 7.69. The van der Waals surface area contributed by atoms with E-state index in [9.17, 15) is 9.18 Å². The predicted octanol–water partition coefficient (Wildman–Crippen LogP) is 3.61. The van der Waals surface area contributed by atoms with Crippen LogP contribution in [0.3, 0.4) is 0 Å². The second-order valence-electron chi connectivity index (χ2n) is 7.69. The van der Waals surface area contributed by atoms with Gasteiger partial charge in [0, 0.05) is 44.1 Å². The molecule has 5 nitrogen and oxygen atoms in total. The summed E-state index contributed by atoms with van der Waals surface area (Å²) < 4.78 is 13.1. The molecule has 2 heterocycles. The smallest absolute Gasteiger partial charge is 0.253 e. The van der Waals surface area contributed by atoms with Gasteiger partial charge < -0.3 is 15.1 Å². The Bertz CT molecular complexity index is 796. The summed E-state index contributed by atoms with van der Waals surface area (Å²) >= 11 is 0. The van der Waals surface area contributed by atoms with Crippen LogP contribution in [0.25, 0.3) is 0 Å². The molecule has 0 spiro atoms. The monoisotopic (exact) mass is 382 g/mol. The Morgan fingerprint density at radius 1 is 0.929 bits per heavy atom. The highest BCUT2D eigenvalue weighted by atomic mass is 19.1. The predicted molar refractivity (Wildman–Crippen MR) is 109 cm³/mol. The first-order valence-corrected chi connectivity index (χ1v) is 10.2. The van der Waals surface area contributed by atoms with Gasteiger partial charge in [0.15, 0.2) is 0 Å². The molecule has 4 rings (SSSR count). The number of piperazine rings is 1. The molecule has 0 atom stereocenters. The normalized spacial score (nSPS) is 18.2. The van der Waals surface area contributed by atoms with Gasteiger partial charge in [-0.15, -0.1) is 0 Å². The van der Waals surface area contributed by atoms with Gasteiger partial charge in [0.2, 0.25) is 0 Å². The maximum absolute atomic E-state index is 13.1. The van der Waals surface area contributed by atoms with Crippen LogP contribution in [0.15, 0.2) is 42.7 Å². The molecule has 1 aromatic heterocycles. The number of rotatable bonds is 4. The fourth-order valence-electron chi connectivity index (χ4n) is 4.12. The van der Waals surface area contributed by atoms with Gasteiger partial charge in [-0.25, -0.2) is 4.39 Å². The van der Waals surface area contributed by atoms with Gasteiger partial charge in [-0.2, -0.15) is 0 Å². The molecule has 1 aliphatic heterocycles. The number of anilines is 2. The summed E-state index contributed by atoms with van der Waals surface area (Å²) in [5, 5.41) is 3.16. The zero-order chi connectivity index (χ0) is 19.3. The summed E-state index contributed by atoms with van der Waals surface area (Å²) in [5.41, 5.74) is 2.65. The van der Waals surface area contributed by atoms with E-state index in [1.807, 2.05) is 24.4 Å². The SMILES string of the molecule is O=C(NC1CCCCC1)c1cncc(N2CCN(c3ccc(F)cc3)CC2)c1. The van der Waals surface area contributed by atoms with Crippen LogP contribution in [0.2, 0.25) is 0 Å². The maximum Gasteiger partial charge on any atom is 0.253 e. The van der Waals surface area contributed by atoms with Crippen LogP contribution in [0, 0.1) is 5.82 Å². The lowest BCUT2D eigenvalue weighted by atomic mass is 9.95. The van der Waals surface area contributed by atoms with Crippen molar-refractivity contribution in [1.29, 1.82) is 0 Å². The highest BCUT2D eigenvalue weighted by Crippen LogP contribution is 2.22. The molecule has 28 heavy (non-hydrogen) atoms. The van der Waals surface area contributed by atoms with Gasteiger partial charge in [0.1, 0.15) is 5.82 Å². The third-order valence-electron chi connectivity index (χ3n) is 5.76. The number of hydrogen-bond donors (Lipinski definition) is 1. The topological polar surface area (TPSA) is 48.5 Å². The highest BCUT2D eigenvalue weighted by molar-refractivity contribution is 5.95. The molecule has 1 N–H and O–H groups in total. The number of pyridine rings is 1. The van der Waals surface area contributed by atoms with E-state index in [0.717, 1.165) is 50.4 Å². The first-order chi connectivity index (χ1) is 13.7. The van der Waals surface area contributed by atoms with E-state index in [4.69, 9.17) is 0 Å². The molecule has 148 valence electrons. The van der Waals surface area contributed by atoms with Crippen molar-refractivity contribution in [3.8, 4) is 0 Å². The second kappa shape index (κ2) is 8.59. The minimum atomic E-state index is -0.211. The number of aromatic nitrogens is 1. The third-order valence-corrected chi connectivity index (χ3v) is 5.76. The van der Waals surface area contributed by atoms with Gasteiger partial charge in [0.25, 0.3) is 5.91 Å². The average molecular weight is 382 g/mol. The van der Waals surface area contributed by atoms with E-state index in [2.05, 4.69) is 20.1 Å². The number of halogens is 1. The summed E-state index contributed by atoms with van der Waals surface area (Å²) in [7, 11) is 0. The number of carbonyl (C=O) groups is 1. The number of nitrogens with zero attached hydrogens (tertiary/aromatic N) is 3. The minimum absolute atomic E-state index is 0.0220. The molecule has 1 aliphatic carbocycles. The van der Waals surface area contributed by atoms with E-state index in [1.54, 1.807) is 6.20 Å². The molecular formula is C22H27FN4O. The van der Waals surface area contributed by atoms with Gasteiger partial charge in [-0.3, -0.25) is 9.78 Å². The number of hydrogen-bond acceptors (Lipinski definition) is 4. The molecule has 1 aromatic carbocycles. The molecule has 1 saturated carbocycles. The molecule has 0 radical (unpaired) electrons. The summed E-state index contributed by atoms with van der Waals surface area (Å²) in [6.07, 6.45) is 9.28. The lowest BCUT2D eigenvalue weighted by Gasteiger charge is -2.37. The van der Waals surface area contributed by atoms with Crippen LogP contribution in [0.4, 0.5) is 15.8 Å². The Labute approximate surface area is 165 Å². The van der Waals surface area contributed by atoms with Crippen LogP contribution in [0.5, 0.6) is 0 Å². The van der Waals surface area contributed by atoms with E-state index in [1.165, 1.54) is 31.4 Å². The largest absolute Gasteiger partial charge is 0.368 e. The van der Waals surface area contributed by atoms with Gasteiger partial charge in [0.05, 0.1) is 17.4 Å². The fourth-order valence-corrected chi connectivity index (χ4v) is 4.12. The fraction of sp³-hybridized carbons (Fsp3) is 0.455. The number of amides is 1. The van der Waals surface area contributed by atoms with E-state index in [0.29, 0.717) is 11.6 Å². The van der Waals surface area contributed by atoms with Crippen molar-refractivity contribution in [2.45, 2.75) is 38.1 Å². The Hall–Kier alpha value is -2.63. The zero-order valence-corrected chi connectivity index (χ0v) is 16.1. The van der Waals surface area contributed by atoms with Crippen molar-refractivity contribution in [2.75, 3.05) is 36.0 Å². The Morgan fingerprint density at radius 3 is 2.25 bits per heavy atom. The van der Waals surface area contributed by atoms with Crippen molar-refractivity contribution in [3.63, 3.8) is 0 Å². The van der Waals surface area contributed by atoms with Crippen molar-refractivity contribution < 1.29 is 9.18 Å². The molecular weight excluding hydrogens is 355 g/mol. The minimum Gasteiger partial charge on any atom is -0.368 e. The number of benzene rings is 1. The van der Waals surface area contributed by atoms with Crippen molar-refractivity contribution in [2.24, 2.45) is 0 Å². The zero-order valence-electron chi connectivity index (χ0n) is 16.1. The van der Waals surface area contributed by atoms with Crippen LogP contribution in [-0.4, -0.2) is 43.1 Å². The molecule has 6 heteroatoms. The van der Waals surface area contributed by atoms with Crippen LogP contribution in [0.1, 0.15) is 42.5 Å². The summed E-state index contributed by atoms with van der Waals surface area (Å²) in [6, 6.07) is 8.88. The molecule has 0 bridgehead atoms. The molecule has 1 saturated heterocycles.